The van der Waals surface area contributed by atoms with Crippen LogP contribution in [0.5, 0.6) is 0 Å². The molecule has 0 aliphatic carbocycles. The summed E-state index contributed by atoms with van der Waals surface area (Å²) in [6.45, 7) is 7.12. The molecule has 0 fully saturated rings. The van der Waals surface area contributed by atoms with Crippen LogP contribution in [0.4, 0.5) is 0 Å². The van der Waals surface area contributed by atoms with Crippen LogP contribution in [0.1, 0.15) is 31.3 Å². The van der Waals surface area contributed by atoms with Crippen LogP contribution in [0, 0.1) is 0 Å². The fraction of sp³-hybridized carbons (Fsp3) is 0.417. The number of nitrogens with two attached hydrogens (primary N) is 1. The zero-order chi connectivity index (χ0) is 11.1. The summed E-state index contributed by atoms with van der Waals surface area (Å²) in [6, 6.07) is 6.21. The molecule has 2 N–H and O–H groups in total. The predicted molar refractivity (Wildman–Crippen MR) is 66.2 cm³/mol. The van der Waals surface area contributed by atoms with Crippen LogP contribution in [0.15, 0.2) is 18.2 Å². The van der Waals surface area contributed by atoms with Crippen molar-refractivity contribution < 1.29 is 0 Å². The Kier molecular flexibility index (Phi) is 2.52. The van der Waals surface area contributed by atoms with E-state index in [1.807, 2.05) is 0 Å². The summed E-state index contributed by atoms with van der Waals surface area (Å²) in [5.74, 6) is 0. The number of hydrogen-bond donors (Lipinski definition) is 1. The van der Waals surface area contributed by atoms with Gasteiger partial charge in [0.05, 0.1) is 15.2 Å². The second-order valence-electron chi connectivity index (χ2n) is 4.74. The van der Waals surface area contributed by atoms with Gasteiger partial charge in [0, 0.05) is 12.0 Å². The first-order valence-corrected chi connectivity index (χ1v) is 5.93. The van der Waals surface area contributed by atoms with Crippen LogP contribution in [-0.2, 0) is 12.0 Å². The fourth-order valence-electron chi connectivity index (χ4n) is 1.49. The van der Waals surface area contributed by atoms with Crippen molar-refractivity contribution >= 4 is 21.6 Å². The molecular formula is C12H16N2S. The van der Waals surface area contributed by atoms with Crippen molar-refractivity contribution in [2.75, 3.05) is 0 Å². The van der Waals surface area contributed by atoms with Crippen molar-refractivity contribution in [3.63, 3.8) is 0 Å². The van der Waals surface area contributed by atoms with Gasteiger partial charge in [-0.2, -0.15) is 0 Å². The van der Waals surface area contributed by atoms with E-state index >= 15 is 0 Å². The summed E-state index contributed by atoms with van der Waals surface area (Å²) < 4.78 is 1.24. The molecule has 0 saturated heterocycles. The second-order valence-corrected chi connectivity index (χ2v) is 5.77. The topological polar surface area (TPSA) is 38.9 Å². The lowest BCUT2D eigenvalue weighted by atomic mass is 9.98. The Balaban J connectivity index is 2.65. The van der Waals surface area contributed by atoms with Gasteiger partial charge < -0.3 is 5.73 Å². The van der Waals surface area contributed by atoms with E-state index in [1.165, 1.54) is 9.71 Å². The molecule has 0 unspecified atom stereocenters. The van der Waals surface area contributed by atoms with Crippen LogP contribution in [0.3, 0.4) is 0 Å². The van der Waals surface area contributed by atoms with Crippen LogP contribution in [-0.4, -0.2) is 4.98 Å². The third kappa shape index (κ3) is 1.90. The molecule has 0 radical (unpaired) electrons. The van der Waals surface area contributed by atoms with Gasteiger partial charge in [0.1, 0.15) is 0 Å². The van der Waals surface area contributed by atoms with Crippen molar-refractivity contribution in [2.24, 2.45) is 5.73 Å². The molecule has 3 heteroatoms. The van der Waals surface area contributed by atoms with E-state index in [9.17, 15) is 0 Å². The summed E-state index contributed by atoms with van der Waals surface area (Å²) in [5, 5.41) is 1.18. The standard InChI is InChI=1S/C12H16N2S/c1-12(2,3)11-14-10-8(7-13)5-4-6-9(10)15-11/h4-6H,7,13H2,1-3H3. The SMILES string of the molecule is CC(C)(C)c1nc2c(CN)cccc2s1. The van der Waals surface area contributed by atoms with Gasteiger partial charge in [-0.1, -0.05) is 32.9 Å². The first-order chi connectivity index (χ1) is 7.02. The van der Waals surface area contributed by atoms with Gasteiger partial charge in [0.25, 0.3) is 0 Å². The Morgan fingerprint density at radius 3 is 2.67 bits per heavy atom. The maximum absolute atomic E-state index is 5.70. The number of rotatable bonds is 1. The molecule has 0 saturated carbocycles. The lowest BCUT2D eigenvalue weighted by Gasteiger charge is -2.13. The summed E-state index contributed by atoms with van der Waals surface area (Å²) in [7, 11) is 0. The second kappa shape index (κ2) is 3.58. The normalized spacial score (nSPS) is 12.3. The average Bonchev–Trinajstić information content (AvgIpc) is 2.59. The highest BCUT2D eigenvalue weighted by atomic mass is 32.1. The average molecular weight is 220 g/mol. The fourth-order valence-corrected chi connectivity index (χ4v) is 2.56. The third-order valence-corrected chi connectivity index (χ3v) is 3.81. The van der Waals surface area contributed by atoms with E-state index in [4.69, 9.17) is 10.7 Å². The number of nitrogens with zero attached hydrogens (tertiary/aromatic N) is 1. The van der Waals surface area contributed by atoms with E-state index in [0.29, 0.717) is 6.54 Å². The number of aromatic nitrogens is 1. The molecular weight excluding hydrogens is 204 g/mol. The van der Waals surface area contributed by atoms with E-state index < -0.39 is 0 Å². The molecule has 0 aliphatic heterocycles. The van der Waals surface area contributed by atoms with E-state index in [-0.39, 0.29) is 5.41 Å². The molecule has 0 spiro atoms. The minimum absolute atomic E-state index is 0.121. The molecule has 1 aromatic carbocycles. The number of para-hydroxylation sites is 1. The zero-order valence-corrected chi connectivity index (χ0v) is 10.2. The zero-order valence-electron chi connectivity index (χ0n) is 9.37. The Morgan fingerprint density at radius 2 is 2.07 bits per heavy atom. The van der Waals surface area contributed by atoms with Gasteiger partial charge in [-0.25, -0.2) is 4.98 Å². The molecule has 0 amide bonds. The minimum atomic E-state index is 0.121. The Bertz CT molecular complexity index is 480. The highest BCUT2D eigenvalue weighted by Gasteiger charge is 2.19. The van der Waals surface area contributed by atoms with Gasteiger partial charge in [-0.15, -0.1) is 11.3 Å². The molecule has 15 heavy (non-hydrogen) atoms. The summed E-state index contributed by atoms with van der Waals surface area (Å²) >= 11 is 1.77. The summed E-state index contributed by atoms with van der Waals surface area (Å²) in [4.78, 5) is 4.69. The number of fused-ring (bicyclic) bond motifs is 1. The van der Waals surface area contributed by atoms with E-state index in [2.05, 4.69) is 39.0 Å². The number of hydrogen-bond acceptors (Lipinski definition) is 3. The lowest BCUT2D eigenvalue weighted by molar-refractivity contribution is 0.587. The van der Waals surface area contributed by atoms with Crippen LogP contribution < -0.4 is 5.73 Å². The molecule has 2 aromatic rings. The lowest BCUT2D eigenvalue weighted by Crippen LogP contribution is -2.10. The molecule has 0 bridgehead atoms. The van der Waals surface area contributed by atoms with E-state index in [0.717, 1.165) is 11.1 Å². The molecule has 0 aliphatic rings. The largest absolute Gasteiger partial charge is 0.326 e. The monoisotopic (exact) mass is 220 g/mol. The van der Waals surface area contributed by atoms with Crippen molar-refractivity contribution in [1.29, 1.82) is 0 Å². The highest BCUT2D eigenvalue weighted by Crippen LogP contribution is 2.32. The third-order valence-electron chi connectivity index (χ3n) is 2.36. The number of benzene rings is 1. The van der Waals surface area contributed by atoms with Crippen LogP contribution in [0.25, 0.3) is 10.2 Å². The Morgan fingerprint density at radius 1 is 1.33 bits per heavy atom. The predicted octanol–water partition coefficient (Wildman–Crippen LogP) is 3.05. The molecule has 2 rings (SSSR count). The maximum Gasteiger partial charge on any atom is 0.0992 e. The van der Waals surface area contributed by atoms with Crippen LogP contribution in [0.2, 0.25) is 0 Å². The van der Waals surface area contributed by atoms with Crippen molar-refractivity contribution in [1.82, 2.24) is 4.98 Å². The van der Waals surface area contributed by atoms with Gasteiger partial charge in [-0.3, -0.25) is 0 Å². The molecule has 0 atom stereocenters. The first kappa shape index (κ1) is 10.6. The molecule has 2 nitrogen and oxygen atoms in total. The Labute approximate surface area is 94.1 Å². The van der Waals surface area contributed by atoms with Gasteiger partial charge in [0.15, 0.2) is 0 Å². The number of thiazole rings is 1. The van der Waals surface area contributed by atoms with E-state index in [1.54, 1.807) is 11.3 Å². The maximum atomic E-state index is 5.70. The molecule has 1 heterocycles. The summed E-state index contributed by atoms with van der Waals surface area (Å²) in [5.41, 5.74) is 8.04. The summed E-state index contributed by atoms with van der Waals surface area (Å²) in [6.07, 6.45) is 0. The van der Waals surface area contributed by atoms with Crippen molar-refractivity contribution in [2.45, 2.75) is 32.7 Å². The smallest absolute Gasteiger partial charge is 0.0992 e. The van der Waals surface area contributed by atoms with Crippen molar-refractivity contribution in [3.8, 4) is 0 Å². The highest BCUT2D eigenvalue weighted by molar-refractivity contribution is 7.18. The van der Waals surface area contributed by atoms with Gasteiger partial charge >= 0.3 is 0 Å². The van der Waals surface area contributed by atoms with Gasteiger partial charge in [0.2, 0.25) is 0 Å². The molecule has 1 aromatic heterocycles. The quantitative estimate of drug-likeness (QED) is 0.802. The molecule has 80 valence electrons. The van der Waals surface area contributed by atoms with Crippen LogP contribution >= 0.6 is 11.3 Å². The minimum Gasteiger partial charge on any atom is -0.326 e. The van der Waals surface area contributed by atoms with Crippen molar-refractivity contribution in [3.05, 3.63) is 28.8 Å². The first-order valence-electron chi connectivity index (χ1n) is 5.11. The van der Waals surface area contributed by atoms with Gasteiger partial charge in [-0.05, 0) is 11.6 Å². The Hall–Kier alpha value is -0.930.